The molecule has 8 heteroatoms. The van der Waals surface area contributed by atoms with Crippen molar-refractivity contribution in [2.75, 3.05) is 7.11 Å². The molecular weight excluding hydrogens is 240 g/mol. The van der Waals surface area contributed by atoms with E-state index in [0.29, 0.717) is 11.3 Å². The lowest BCUT2D eigenvalue weighted by Crippen LogP contribution is -2.05. The number of carboxylic acid groups (broad SMARTS) is 1. The topological polar surface area (TPSA) is 107 Å². The van der Waals surface area contributed by atoms with Crippen molar-refractivity contribution in [1.82, 2.24) is 20.2 Å². The number of benzene rings is 1. The monoisotopic (exact) mass is 248 g/mol. The zero-order valence-corrected chi connectivity index (χ0v) is 9.27. The van der Waals surface area contributed by atoms with E-state index in [1.807, 2.05) is 0 Å². The molecule has 0 amide bonds. The summed E-state index contributed by atoms with van der Waals surface area (Å²) in [6.45, 7) is 0. The highest BCUT2D eigenvalue weighted by Gasteiger charge is 2.12. The Balaban J connectivity index is 2.38. The molecule has 0 spiro atoms. The third-order valence-corrected chi connectivity index (χ3v) is 2.10. The third kappa shape index (κ3) is 2.17. The van der Waals surface area contributed by atoms with Gasteiger partial charge < -0.3 is 9.84 Å². The van der Waals surface area contributed by atoms with Crippen LogP contribution in [0.1, 0.15) is 21.0 Å². The Morgan fingerprint density at radius 3 is 2.78 bits per heavy atom. The summed E-state index contributed by atoms with van der Waals surface area (Å²) in [5.74, 6) is -2.20. The van der Waals surface area contributed by atoms with E-state index in [1.54, 1.807) is 18.2 Å². The molecule has 1 N–H and O–H groups in total. The first-order valence-corrected chi connectivity index (χ1v) is 4.84. The zero-order valence-electron chi connectivity index (χ0n) is 9.27. The average molecular weight is 248 g/mol. The predicted molar refractivity (Wildman–Crippen MR) is 57.5 cm³/mol. The van der Waals surface area contributed by atoms with Crippen molar-refractivity contribution in [2.24, 2.45) is 0 Å². The van der Waals surface area contributed by atoms with Gasteiger partial charge in [-0.3, -0.25) is 0 Å². The molecule has 0 aliphatic heterocycles. The van der Waals surface area contributed by atoms with Crippen LogP contribution in [0.5, 0.6) is 0 Å². The molecule has 0 aliphatic rings. The normalized spacial score (nSPS) is 10.1. The van der Waals surface area contributed by atoms with E-state index < -0.39 is 17.8 Å². The van der Waals surface area contributed by atoms with E-state index in [9.17, 15) is 9.59 Å². The summed E-state index contributed by atoms with van der Waals surface area (Å²) < 4.78 is 4.57. The summed E-state index contributed by atoms with van der Waals surface area (Å²) in [4.78, 5) is 23.0. The van der Waals surface area contributed by atoms with Crippen molar-refractivity contribution in [1.29, 1.82) is 0 Å². The molecule has 0 atom stereocenters. The molecule has 0 aliphatic carbocycles. The number of hydrogen-bond donors (Lipinski definition) is 1. The molecule has 0 radical (unpaired) electrons. The second kappa shape index (κ2) is 4.62. The van der Waals surface area contributed by atoms with Crippen LogP contribution in [-0.2, 0) is 4.74 Å². The van der Waals surface area contributed by atoms with Crippen molar-refractivity contribution in [3.8, 4) is 5.69 Å². The minimum Gasteiger partial charge on any atom is -0.475 e. The van der Waals surface area contributed by atoms with Crippen LogP contribution in [0, 0.1) is 0 Å². The van der Waals surface area contributed by atoms with Crippen molar-refractivity contribution >= 4 is 11.9 Å². The zero-order chi connectivity index (χ0) is 13.1. The molecule has 1 aromatic carbocycles. The Labute approximate surface area is 101 Å². The molecule has 92 valence electrons. The van der Waals surface area contributed by atoms with Gasteiger partial charge in [0.2, 0.25) is 0 Å². The highest BCUT2D eigenvalue weighted by molar-refractivity contribution is 5.89. The molecule has 2 rings (SSSR count). The molecule has 18 heavy (non-hydrogen) atoms. The molecule has 8 nitrogen and oxygen atoms in total. The molecule has 1 aromatic heterocycles. The maximum absolute atomic E-state index is 11.3. The lowest BCUT2D eigenvalue weighted by Gasteiger charge is -2.01. The molecule has 0 fully saturated rings. The molecule has 0 bridgehead atoms. The van der Waals surface area contributed by atoms with Crippen LogP contribution in [-0.4, -0.2) is 44.4 Å². The van der Waals surface area contributed by atoms with E-state index in [1.165, 1.54) is 13.2 Å². The van der Waals surface area contributed by atoms with Gasteiger partial charge in [-0.15, -0.1) is 15.0 Å². The van der Waals surface area contributed by atoms with Crippen LogP contribution in [0.4, 0.5) is 0 Å². The number of nitrogens with zero attached hydrogens (tertiary/aromatic N) is 4. The number of carbonyl (C=O) groups is 2. The Bertz CT molecular complexity index is 607. The second-order valence-electron chi connectivity index (χ2n) is 3.25. The number of ether oxygens (including phenoxy) is 1. The fraction of sp³-hybridized carbons (Fsp3) is 0.100. The number of esters is 1. The summed E-state index contributed by atoms with van der Waals surface area (Å²) in [7, 11) is 1.27. The van der Waals surface area contributed by atoms with Crippen molar-refractivity contribution < 1.29 is 19.4 Å². The Hall–Kier alpha value is -2.77. The summed E-state index contributed by atoms with van der Waals surface area (Å²) in [5.41, 5.74) is 0.724. The number of methoxy groups -OCH3 is 1. The van der Waals surface area contributed by atoms with Gasteiger partial charge in [0.15, 0.2) is 0 Å². The molecule has 0 saturated carbocycles. The van der Waals surface area contributed by atoms with Crippen LogP contribution in [0.2, 0.25) is 0 Å². The van der Waals surface area contributed by atoms with Crippen LogP contribution >= 0.6 is 0 Å². The molecule has 2 aromatic rings. The minimum absolute atomic E-state index is 0.309. The summed E-state index contributed by atoms with van der Waals surface area (Å²) in [6.07, 6.45) is 0. The van der Waals surface area contributed by atoms with Crippen molar-refractivity contribution in [2.45, 2.75) is 0 Å². The minimum atomic E-state index is -1.27. The van der Waals surface area contributed by atoms with Gasteiger partial charge in [0.05, 0.1) is 18.4 Å². The first-order valence-electron chi connectivity index (χ1n) is 4.84. The number of aromatic nitrogens is 4. The number of carboxylic acids is 1. The van der Waals surface area contributed by atoms with Crippen molar-refractivity contribution in [3.05, 3.63) is 35.7 Å². The number of tetrazole rings is 1. The highest BCUT2D eigenvalue weighted by Crippen LogP contribution is 2.09. The number of aromatic carboxylic acids is 1. The predicted octanol–water partition coefficient (Wildman–Crippen LogP) is 0.147. The fourth-order valence-electron chi connectivity index (χ4n) is 1.28. The summed E-state index contributed by atoms with van der Waals surface area (Å²) in [6, 6.07) is 6.24. The summed E-state index contributed by atoms with van der Waals surface area (Å²) >= 11 is 0. The first-order chi connectivity index (χ1) is 8.61. The van der Waals surface area contributed by atoms with E-state index in [4.69, 9.17) is 5.11 Å². The number of rotatable bonds is 3. The lowest BCUT2D eigenvalue weighted by atomic mass is 10.2. The van der Waals surface area contributed by atoms with Gasteiger partial charge in [-0.25, -0.2) is 9.59 Å². The summed E-state index contributed by atoms with van der Waals surface area (Å²) in [5, 5.41) is 19.3. The van der Waals surface area contributed by atoms with Crippen LogP contribution < -0.4 is 0 Å². The standard InChI is InChI=1S/C10H8N4O4/c1-18-10(17)6-3-2-4-7(5-6)14-12-8(9(15)16)11-13-14/h2-5H,1H3,(H,15,16). The van der Waals surface area contributed by atoms with Gasteiger partial charge >= 0.3 is 11.9 Å². The van der Waals surface area contributed by atoms with E-state index in [2.05, 4.69) is 20.1 Å². The Kier molecular flexibility index (Phi) is 3.00. The molecule has 1 heterocycles. The van der Waals surface area contributed by atoms with Gasteiger partial charge in [0.25, 0.3) is 5.82 Å². The van der Waals surface area contributed by atoms with E-state index >= 15 is 0 Å². The van der Waals surface area contributed by atoms with Crippen molar-refractivity contribution in [3.63, 3.8) is 0 Å². The Morgan fingerprint density at radius 2 is 2.17 bits per heavy atom. The fourth-order valence-corrected chi connectivity index (χ4v) is 1.28. The SMILES string of the molecule is COC(=O)c1cccc(-n2nnc(C(=O)O)n2)c1. The van der Waals surface area contributed by atoms with Gasteiger partial charge in [0, 0.05) is 0 Å². The largest absolute Gasteiger partial charge is 0.475 e. The maximum Gasteiger partial charge on any atom is 0.377 e. The smallest absolute Gasteiger partial charge is 0.377 e. The molecule has 0 saturated heterocycles. The average Bonchev–Trinajstić information content (AvgIpc) is 2.88. The van der Waals surface area contributed by atoms with Crippen LogP contribution in [0.15, 0.2) is 24.3 Å². The van der Waals surface area contributed by atoms with Gasteiger partial charge in [-0.05, 0) is 23.4 Å². The van der Waals surface area contributed by atoms with E-state index in [-0.39, 0.29) is 0 Å². The highest BCUT2D eigenvalue weighted by atomic mass is 16.5. The molecular formula is C10H8N4O4. The van der Waals surface area contributed by atoms with Gasteiger partial charge in [-0.2, -0.15) is 0 Å². The van der Waals surface area contributed by atoms with Gasteiger partial charge in [-0.1, -0.05) is 6.07 Å². The van der Waals surface area contributed by atoms with Crippen LogP contribution in [0.3, 0.4) is 0 Å². The lowest BCUT2D eigenvalue weighted by molar-refractivity contribution is 0.0599. The van der Waals surface area contributed by atoms with E-state index in [0.717, 1.165) is 4.80 Å². The second-order valence-corrected chi connectivity index (χ2v) is 3.25. The Morgan fingerprint density at radius 1 is 1.39 bits per heavy atom. The quantitative estimate of drug-likeness (QED) is 0.770. The third-order valence-electron chi connectivity index (χ3n) is 2.10. The number of carbonyl (C=O) groups excluding carboxylic acids is 1. The van der Waals surface area contributed by atoms with Crippen LogP contribution in [0.25, 0.3) is 5.69 Å². The number of hydrogen-bond acceptors (Lipinski definition) is 6. The first kappa shape index (κ1) is 11.7. The maximum atomic E-state index is 11.3. The van der Waals surface area contributed by atoms with Gasteiger partial charge in [0.1, 0.15) is 0 Å². The molecule has 0 unspecified atom stereocenters.